The molecule has 0 bridgehead atoms. The Morgan fingerprint density at radius 1 is 1.09 bits per heavy atom. The number of halogens is 2. The third kappa shape index (κ3) is 4.26. The molecule has 1 amide bonds. The van der Waals surface area contributed by atoms with Crippen LogP contribution in [0.25, 0.3) is 22.0 Å². The normalized spacial score (nSPS) is 19.8. The molecule has 1 atom stereocenters. The fourth-order valence-electron chi connectivity index (χ4n) is 5.16. The van der Waals surface area contributed by atoms with Crippen molar-refractivity contribution in [2.24, 2.45) is 5.92 Å². The van der Waals surface area contributed by atoms with Crippen molar-refractivity contribution in [2.45, 2.75) is 45.1 Å². The van der Waals surface area contributed by atoms with Crippen LogP contribution in [0.3, 0.4) is 0 Å². The number of amides is 1. The van der Waals surface area contributed by atoms with Gasteiger partial charge in [-0.2, -0.15) is 0 Å². The highest BCUT2D eigenvalue weighted by Crippen LogP contribution is 2.34. The molecule has 2 aliphatic rings. The maximum absolute atomic E-state index is 14.6. The average Bonchev–Trinajstić information content (AvgIpc) is 2.84. The number of fused-ring (bicyclic) bond motifs is 1. The lowest BCUT2D eigenvalue weighted by Gasteiger charge is -2.42. The summed E-state index contributed by atoms with van der Waals surface area (Å²) in [5, 5.41) is 10.9. The van der Waals surface area contributed by atoms with Gasteiger partial charge in [0.05, 0.1) is 0 Å². The van der Waals surface area contributed by atoms with Gasteiger partial charge in [-0.05, 0) is 44.0 Å². The number of piperazine rings is 1. The molecule has 0 spiro atoms. The fraction of sp³-hybridized carbons (Fsp3) is 0.440. The fourth-order valence-corrected chi connectivity index (χ4v) is 5.32. The Labute approximate surface area is 197 Å². The molecule has 6 nitrogen and oxygen atoms in total. The Morgan fingerprint density at radius 2 is 1.91 bits per heavy atom. The second-order valence-electron chi connectivity index (χ2n) is 9.08. The summed E-state index contributed by atoms with van der Waals surface area (Å²) in [6.07, 6.45) is 9.00. The zero-order valence-electron chi connectivity index (χ0n) is 18.7. The number of pyridine rings is 1. The van der Waals surface area contributed by atoms with Crippen molar-refractivity contribution >= 4 is 34.1 Å². The predicted octanol–water partition coefficient (Wildman–Crippen LogP) is 5.10. The van der Waals surface area contributed by atoms with Gasteiger partial charge in [0.25, 0.3) is 0 Å². The van der Waals surface area contributed by atoms with E-state index in [0.717, 1.165) is 36.5 Å². The van der Waals surface area contributed by atoms with Crippen molar-refractivity contribution < 1.29 is 9.18 Å². The first-order valence-corrected chi connectivity index (χ1v) is 12.0. The molecule has 1 aliphatic carbocycles. The topological polar surface area (TPSA) is 62.2 Å². The van der Waals surface area contributed by atoms with Crippen LogP contribution >= 0.6 is 11.6 Å². The number of aromatic nitrogens is 3. The van der Waals surface area contributed by atoms with E-state index in [2.05, 4.69) is 27.0 Å². The van der Waals surface area contributed by atoms with Gasteiger partial charge in [-0.25, -0.2) is 4.39 Å². The van der Waals surface area contributed by atoms with Gasteiger partial charge >= 0.3 is 0 Å². The van der Waals surface area contributed by atoms with Crippen LogP contribution in [-0.4, -0.2) is 51.7 Å². The molecular weight excluding hydrogens is 441 g/mol. The number of nitrogens with zero attached hydrogens (tertiary/aromatic N) is 5. The lowest BCUT2D eigenvalue weighted by atomic mass is 9.88. The van der Waals surface area contributed by atoms with E-state index < -0.39 is 5.82 Å². The van der Waals surface area contributed by atoms with E-state index in [4.69, 9.17) is 11.6 Å². The number of anilines is 1. The van der Waals surface area contributed by atoms with Crippen LogP contribution in [0.4, 0.5) is 10.2 Å². The molecule has 172 valence electrons. The summed E-state index contributed by atoms with van der Waals surface area (Å²) < 4.78 is 14.6. The molecule has 5 rings (SSSR count). The zero-order chi connectivity index (χ0) is 22.9. The summed E-state index contributed by atoms with van der Waals surface area (Å²) in [4.78, 5) is 21.5. The van der Waals surface area contributed by atoms with E-state index in [1.807, 2.05) is 11.0 Å². The van der Waals surface area contributed by atoms with E-state index in [-0.39, 0.29) is 12.0 Å². The van der Waals surface area contributed by atoms with Crippen molar-refractivity contribution in [1.29, 1.82) is 0 Å². The molecular formula is C25H27ClFN5O. The van der Waals surface area contributed by atoms with Crippen molar-refractivity contribution in [1.82, 2.24) is 20.1 Å². The molecule has 0 N–H and O–H groups in total. The van der Waals surface area contributed by atoms with Crippen molar-refractivity contribution in [3.05, 3.63) is 47.5 Å². The Bertz CT molecular complexity index is 1180. The summed E-state index contributed by atoms with van der Waals surface area (Å²) >= 11 is 5.93. The van der Waals surface area contributed by atoms with E-state index in [1.54, 1.807) is 24.5 Å². The van der Waals surface area contributed by atoms with Gasteiger partial charge in [0.2, 0.25) is 5.91 Å². The van der Waals surface area contributed by atoms with E-state index >= 15 is 0 Å². The molecule has 0 radical (unpaired) electrons. The Kier molecular flexibility index (Phi) is 6.15. The Morgan fingerprint density at radius 3 is 2.67 bits per heavy atom. The van der Waals surface area contributed by atoms with Crippen molar-refractivity contribution in [3.63, 3.8) is 0 Å². The highest BCUT2D eigenvalue weighted by Gasteiger charge is 2.33. The number of rotatable bonds is 3. The molecule has 1 saturated carbocycles. The number of carbonyl (C=O) groups excluding carboxylic acids is 1. The van der Waals surface area contributed by atoms with Crippen LogP contribution in [0.1, 0.15) is 39.0 Å². The van der Waals surface area contributed by atoms with Crippen molar-refractivity contribution in [3.8, 4) is 11.3 Å². The number of hydrogen-bond acceptors (Lipinski definition) is 5. The molecule has 2 fully saturated rings. The number of carbonyl (C=O) groups is 1. The molecule has 3 aromatic rings. The summed E-state index contributed by atoms with van der Waals surface area (Å²) in [6, 6.07) is 6.48. The minimum Gasteiger partial charge on any atom is -0.348 e. The van der Waals surface area contributed by atoms with E-state index in [9.17, 15) is 9.18 Å². The van der Waals surface area contributed by atoms with Gasteiger partial charge in [-0.3, -0.25) is 9.78 Å². The lowest BCUT2D eigenvalue weighted by Crippen LogP contribution is -2.55. The van der Waals surface area contributed by atoms with Crippen LogP contribution in [0.2, 0.25) is 5.02 Å². The Hall–Kier alpha value is -2.80. The Balaban J connectivity index is 1.43. The quantitative estimate of drug-likeness (QED) is 0.536. The van der Waals surface area contributed by atoms with Crippen LogP contribution in [0.15, 0.2) is 36.7 Å². The van der Waals surface area contributed by atoms with Crippen LogP contribution in [0.5, 0.6) is 0 Å². The molecule has 1 aromatic carbocycles. The van der Waals surface area contributed by atoms with E-state index in [1.165, 1.54) is 12.5 Å². The van der Waals surface area contributed by atoms with Gasteiger partial charge in [-0.15, -0.1) is 10.2 Å². The first-order chi connectivity index (χ1) is 16.0. The van der Waals surface area contributed by atoms with Crippen LogP contribution in [-0.2, 0) is 4.79 Å². The maximum atomic E-state index is 14.6. The van der Waals surface area contributed by atoms with Gasteiger partial charge in [0.15, 0.2) is 5.82 Å². The largest absolute Gasteiger partial charge is 0.348 e. The van der Waals surface area contributed by atoms with Gasteiger partial charge in [0.1, 0.15) is 11.5 Å². The number of hydrogen-bond donors (Lipinski definition) is 0. The monoisotopic (exact) mass is 467 g/mol. The highest BCUT2D eigenvalue weighted by molar-refractivity contribution is 6.30. The highest BCUT2D eigenvalue weighted by atomic mass is 35.5. The standard InChI is InChI=1S/C25H27ClFN5O/c1-16-15-31(25(33)17-5-3-2-4-6-17)11-12-32(16)24-21-14-28-10-9-19(21)23(29-30-24)20-8-7-18(26)13-22(20)27/h7-10,13-14,16-17H,2-6,11-12,15H2,1H3/t16-/m1/s1. The zero-order valence-corrected chi connectivity index (χ0v) is 19.4. The first-order valence-electron chi connectivity index (χ1n) is 11.6. The minimum absolute atomic E-state index is 0.0853. The second-order valence-corrected chi connectivity index (χ2v) is 9.52. The molecule has 33 heavy (non-hydrogen) atoms. The van der Waals surface area contributed by atoms with Crippen LogP contribution < -0.4 is 4.90 Å². The average molecular weight is 468 g/mol. The molecule has 2 aromatic heterocycles. The van der Waals surface area contributed by atoms with E-state index in [0.29, 0.717) is 47.6 Å². The first kappa shape index (κ1) is 22.0. The van der Waals surface area contributed by atoms with Crippen molar-refractivity contribution in [2.75, 3.05) is 24.5 Å². The summed E-state index contributed by atoms with van der Waals surface area (Å²) in [5.74, 6) is 0.752. The molecule has 8 heteroatoms. The van der Waals surface area contributed by atoms with Gasteiger partial charge in [-0.1, -0.05) is 30.9 Å². The predicted molar refractivity (Wildman–Crippen MR) is 128 cm³/mol. The molecule has 1 aliphatic heterocycles. The summed E-state index contributed by atoms with van der Waals surface area (Å²) in [7, 11) is 0. The SMILES string of the molecule is C[C@@H]1CN(C(=O)C2CCCCC2)CCN1c1nnc(-c2ccc(Cl)cc2F)c2ccncc12. The smallest absolute Gasteiger partial charge is 0.225 e. The van der Waals surface area contributed by atoms with Crippen LogP contribution in [0, 0.1) is 11.7 Å². The molecule has 0 unspecified atom stereocenters. The van der Waals surface area contributed by atoms with Gasteiger partial charge in [0, 0.05) is 65.3 Å². The lowest BCUT2D eigenvalue weighted by molar-refractivity contribution is -0.137. The second kappa shape index (κ2) is 9.21. The summed E-state index contributed by atoms with van der Waals surface area (Å²) in [6.45, 7) is 4.10. The molecule has 3 heterocycles. The minimum atomic E-state index is -0.439. The summed E-state index contributed by atoms with van der Waals surface area (Å²) in [5.41, 5.74) is 0.815. The third-order valence-corrected chi connectivity index (χ3v) is 7.15. The third-order valence-electron chi connectivity index (χ3n) is 6.91. The molecule has 1 saturated heterocycles. The van der Waals surface area contributed by atoms with Gasteiger partial charge < -0.3 is 9.80 Å². The number of benzene rings is 1. The maximum Gasteiger partial charge on any atom is 0.225 e.